The molecule has 1 fully saturated rings. The number of nitriles is 1. The zero-order valence-corrected chi connectivity index (χ0v) is 11.7. The molecular weight excluding hydrogens is 269 g/mol. The third-order valence-corrected chi connectivity index (χ3v) is 4.19. The van der Waals surface area contributed by atoms with Crippen molar-refractivity contribution in [3.05, 3.63) is 33.8 Å². The summed E-state index contributed by atoms with van der Waals surface area (Å²) in [4.78, 5) is 2.17. The van der Waals surface area contributed by atoms with Crippen molar-refractivity contribution in [1.82, 2.24) is 10.2 Å². The zero-order chi connectivity index (χ0) is 13.2. The van der Waals surface area contributed by atoms with Crippen molar-refractivity contribution in [2.24, 2.45) is 0 Å². The van der Waals surface area contributed by atoms with Gasteiger partial charge < -0.3 is 5.32 Å². The average molecular weight is 284 g/mol. The first-order valence-corrected chi connectivity index (χ1v) is 6.66. The number of halogens is 2. The molecule has 1 heterocycles. The Labute approximate surface area is 117 Å². The van der Waals surface area contributed by atoms with Gasteiger partial charge in [0.1, 0.15) is 5.54 Å². The summed E-state index contributed by atoms with van der Waals surface area (Å²) in [6.45, 7) is 5.43. The second-order valence-corrected chi connectivity index (χ2v) is 5.36. The fraction of sp³-hybridized carbons (Fsp3) is 0.462. The minimum Gasteiger partial charge on any atom is -0.314 e. The molecule has 0 amide bonds. The molecule has 2 rings (SSSR count). The van der Waals surface area contributed by atoms with E-state index in [0.29, 0.717) is 10.0 Å². The largest absolute Gasteiger partial charge is 0.314 e. The monoisotopic (exact) mass is 283 g/mol. The van der Waals surface area contributed by atoms with Crippen molar-refractivity contribution in [2.75, 3.05) is 26.2 Å². The third kappa shape index (κ3) is 2.48. The van der Waals surface area contributed by atoms with E-state index in [9.17, 15) is 5.26 Å². The van der Waals surface area contributed by atoms with Crippen LogP contribution in [-0.2, 0) is 5.54 Å². The van der Waals surface area contributed by atoms with Gasteiger partial charge in [0, 0.05) is 26.2 Å². The Morgan fingerprint density at radius 2 is 1.94 bits per heavy atom. The van der Waals surface area contributed by atoms with Crippen molar-refractivity contribution >= 4 is 23.2 Å². The Morgan fingerprint density at radius 3 is 2.50 bits per heavy atom. The molecule has 96 valence electrons. The van der Waals surface area contributed by atoms with Crippen LogP contribution in [0.1, 0.15) is 12.5 Å². The standard InChI is InChI=1S/C13H15Cl2N3/c1-13(9-16,18-6-4-17-5-7-18)10-2-3-11(14)12(15)8-10/h2-3,8,17H,4-7H2,1H3. The molecule has 0 radical (unpaired) electrons. The number of piperazine rings is 1. The number of nitrogens with zero attached hydrogens (tertiary/aromatic N) is 2. The predicted molar refractivity (Wildman–Crippen MR) is 73.9 cm³/mol. The van der Waals surface area contributed by atoms with Crippen LogP contribution in [0, 0.1) is 11.3 Å². The van der Waals surface area contributed by atoms with E-state index in [1.54, 1.807) is 12.1 Å². The van der Waals surface area contributed by atoms with Crippen LogP contribution in [0.3, 0.4) is 0 Å². The van der Waals surface area contributed by atoms with E-state index in [-0.39, 0.29) is 0 Å². The first kappa shape index (κ1) is 13.6. The summed E-state index contributed by atoms with van der Waals surface area (Å²) < 4.78 is 0. The lowest BCUT2D eigenvalue weighted by Gasteiger charge is -2.39. The van der Waals surface area contributed by atoms with E-state index >= 15 is 0 Å². The van der Waals surface area contributed by atoms with Gasteiger partial charge in [-0.3, -0.25) is 4.90 Å². The zero-order valence-electron chi connectivity index (χ0n) is 10.2. The van der Waals surface area contributed by atoms with Crippen LogP contribution in [-0.4, -0.2) is 31.1 Å². The molecule has 1 atom stereocenters. The highest BCUT2D eigenvalue weighted by molar-refractivity contribution is 6.42. The molecule has 1 aromatic carbocycles. The maximum absolute atomic E-state index is 9.56. The van der Waals surface area contributed by atoms with E-state index in [1.807, 2.05) is 13.0 Å². The Balaban J connectivity index is 2.36. The third-order valence-electron chi connectivity index (χ3n) is 3.45. The summed E-state index contributed by atoms with van der Waals surface area (Å²) >= 11 is 12.0. The highest BCUT2D eigenvalue weighted by Gasteiger charge is 2.34. The molecule has 0 bridgehead atoms. The molecule has 18 heavy (non-hydrogen) atoms. The number of hydrogen-bond acceptors (Lipinski definition) is 3. The minimum atomic E-state index is -0.656. The molecule has 0 aliphatic carbocycles. The quantitative estimate of drug-likeness (QED) is 0.907. The van der Waals surface area contributed by atoms with E-state index in [1.165, 1.54) is 0 Å². The molecule has 0 saturated carbocycles. The number of nitrogens with one attached hydrogen (secondary N) is 1. The number of benzene rings is 1. The van der Waals surface area contributed by atoms with Crippen molar-refractivity contribution in [3.63, 3.8) is 0 Å². The van der Waals surface area contributed by atoms with Crippen LogP contribution in [0.4, 0.5) is 0 Å². The normalized spacial score (nSPS) is 20.1. The predicted octanol–water partition coefficient (Wildman–Crippen LogP) is 2.64. The van der Waals surface area contributed by atoms with Crippen molar-refractivity contribution < 1.29 is 0 Å². The van der Waals surface area contributed by atoms with Gasteiger partial charge in [-0.15, -0.1) is 0 Å². The molecule has 1 saturated heterocycles. The van der Waals surface area contributed by atoms with Gasteiger partial charge in [-0.1, -0.05) is 29.3 Å². The number of hydrogen-bond donors (Lipinski definition) is 1. The molecule has 0 aromatic heterocycles. The molecule has 5 heteroatoms. The highest BCUT2D eigenvalue weighted by Crippen LogP contribution is 2.32. The van der Waals surface area contributed by atoms with Crippen molar-refractivity contribution in [1.29, 1.82) is 5.26 Å². The summed E-state index contributed by atoms with van der Waals surface area (Å²) in [6, 6.07) is 7.82. The van der Waals surface area contributed by atoms with E-state index < -0.39 is 5.54 Å². The highest BCUT2D eigenvalue weighted by atomic mass is 35.5. The maximum atomic E-state index is 9.56. The summed E-state index contributed by atoms with van der Waals surface area (Å²) in [5.41, 5.74) is 0.234. The first-order chi connectivity index (χ1) is 8.58. The Bertz CT molecular complexity index is 478. The van der Waals surface area contributed by atoms with Crippen LogP contribution >= 0.6 is 23.2 Å². The summed E-state index contributed by atoms with van der Waals surface area (Å²) in [7, 11) is 0. The maximum Gasteiger partial charge on any atom is 0.132 e. The molecule has 3 nitrogen and oxygen atoms in total. The van der Waals surface area contributed by atoms with Gasteiger partial charge in [-0.25, -0.2) is 0 Å². The van der Waals surface area contributed by atoms with Crippen LogP contribution in [0.5, 0.6) is 0 Å². The Kier molecular flexibility index (Phi) is 4.14. The fourth-order valence-corrected chi connectivity index (χ4v) is 2.53. The number of rotatable bonds is 2. The van der Waals surface area contributed by atoms with E-state index in [0.717, 1.165) is 31.7 Å². The molecule has 0 spiro atoms. The molecule has 1 aromatic rings. The minimum absolute atomic E-state index is 0.491. The Morgan fingerprint density at radius 1 is 1.28 bits per heavy atom. The lowest BCUT2D eigenvalue weighted by atomic mass is 9.91. The smallest absolute Gasteiger partial charge is 0.132 e. The fourth-order valence-electron chi connectivity index (χ4n) is 2.23. The van der Waals surface area contributed by atoms with Gasteiger partial charge >= 0.3 is 0 Å². The van der Waals surface area contributed by atoms with Crippen LogP contribution in [0.25, 0.3) is 0 Å². The van der Waals surface area contributed by atoms with Crippen molar-refractivity contribution in [2.45, 2.75) is 12.5 Å². The summed E-state index contributed by atoms with van der Waals surface area (Å²) in [5, 5.41) is 13.9. The van der Waals surface area contributed by atoms with Gasteiger partial charge in [0.05, 0.1) is 16.1 Å². The molecule has 1 aliphatic heterocycles. The van der Waals surface area contributed by atoms with Crippen LogP contribution < -0.4 is 5.32 Å². The Hall–Kier alpha value is -0.790. The molecular formula is C13H15Cl2N3. The van der Waals surface area contributed by atoms with E-state index in [4.69, 9.17) is 23.2 Å². The van der Waals surface area contributed by atoms with Crippen LogP contribution in [0.15, 0.2) is 18.2 Å². The molecule has 1 unspecified atom stereocenters. The van der Waals surface area contributed by atoms with Gasteiger partial charge in [-0.05, 0) is 24.6 Å². The van der Waals surface area contributed by atoms with Gasteiger partial charge in [-0.2, -0.15) is 5.26 Å². The van der Waals surface area contributed by atoms with Gasteiger partial charge in [0.15, 0.2) is 0 Å². The average Bonchev–Trinajstić information content (AvgIpc) is 2.42. The summed E-state index contributed by atoms with van der Waals surface area (Å²) in [5.74, 6) is 0. The van der Waals surface area contributed by atoms with Gasteiger partial charge in [0.25, 0.3) is 0 Å². The van der Waals surface area contributed by atoms with Gasteiger partial charge in [0.2, 0.25) is 0 Å². The van der Waals surface area contributed by atoms with E-state index in [2.05, 4.69) is 16.3 Å². The second-order valence-electron chi connectivity index (χ2n) is 4.55. The second kappa shape index (κ2) is 5.46. The van der Waals surface area contributed by atoms with Crippen LogP contribution in [0.2, 0.25) is 10.0 Å². The first-order valence-electron chi connectivity index (χ1n) is 5.90. The van der Waals surface area contributed by atoms with Crippen molar-refractivity contribution in [3.8, 4) is 6.07 Å². The molecule has 1 aliphatic rings. The SMILES string of the molecule is CC(C#N)(c1ccc(Cl)c(Cl)c1)N1CCNCC1. The molecule has 1 N–H and O–H groups in total. The summed E-state index contributed by atoms with van der Waals surface area (Å²) in [6.07, 6.45) is 0. The topological polar surface area (TPSA) is 39.1 Å². The lowest BCUT2D eigenvalue weighted by Crippen LogP contribution is -2.52. The lowest BCUT2D eigenvalue weighted by molar-refractivity contribution is 0.132.